The molecular formula is C26H31FN4O4. The predicted octanol–water partition coefficient (Wildman–Crippen LogP) is 2.78. The Bertz CT molecular complexity index is 1180. The number of H-pyrrole nitrogens is 1. The lowest BCUT2D eigenvalue weighted by Crippen LogP contribution is -2.49. The molecule has 3 aromatic rings. The van der Waals surface area contributed by atoms with Crippen molar-refractivity contribution in [2.45, 2.75) is 19.8 Å². The minimum atomic E-state index is -0.360. The number of carbonyl (C=O) groups excluding carboxylic acids is 1. The number of aromatic nitrogens is 2. The second kappa shape index (κ2) is 11.2. The van der Waals surface area contributed by atoms with Crippen LogP contribution < -0.4 is 15.0 Å². The first-order chi connectivity index (χ1) is 16.9. The lowest BCUT2D eigenvalue weighted by molar-refractivity contribution is -0.132. The monoisotopic (exact) mass is 482 g/mol. The zero-order chi connectivity index (χ0) is 24.8. The molecule has 35 heavy (non-hydrogen) atoms. The maximum atomic E-state index is 13.2. The smallest absolute Gasteiger partial charge is 0.274 e. The Kier molecular flexibility index (Phi) is 7.87. The molecule has 1 N–H and O–H groups in total. The van der Waals surface area contributed by atoms with E-state index in [4.69, 9.17) is 9.47 Å². The second-order valence-corrected chi connectivity index (χ2v) is 8.58. The average molecular weight is 483 g/mol. The van der Waals surface area contributed by atoms with Crippen molar-refractivity contribution < 1.29 is 18.7 Å². The molecule has 0 spiro atoms. The van der Waals surface area contributed by atoms with Crippen LogP contribution in [0, 0.1) is 12.7 Å². The molecule has 2 heterocycles. The molecule has 1 amide bonds. The number of nitrogens with zero attached hydrogens (tertiary/aromatic N) is 3. The maximum absolute atomic E-state index is 13.2. The highest BCUT2D eigenvalue weighted by atomic mass is 19.1. The van der Waals surface area contributed by atoms with Crippen molar-refractivity contribution in [1.82, 2.24) is 19.6 Å². The number of hydrogen-bond donors (Lipinski definition) is 1. The number of benzene rings is 2. The first kappa shape index (κ1) is 24.5. The third-order valence-electron chi connectivity index (χ3n) is 6.33. The molecule has 1 fully saturated rings. The summed E-state index contributed by atoms with van der Waals surface area (Å²) in [5, 5.41) is 3.03. The number of rotatable bonds is 9. The van der Waals surface area contributed by atoms with Crippen LogP contribution in [-0.2, 0) is 11.2 Å². The molecule has 1 saturated heterocycles. The Morgan fingerprint density at radius 2 is 1.66 bits per heavy atom. The maximum Gasteiger partial charge on any atom is 0.274 e. The number of nitrogens with one attached hydrogen (secondary N) is 1. The quantitative estimate of drug-likeness (QED) is 0.508. The molecule has 1 aliphatic rings. The summed E-state index contributed by atoms with van der Waals surface area (Å²) in [6.07, 6.45) is 0.641. The van der Waals surface area contributed by atoms with E-state index in [9.17, 15) is 14.0 Å². The molecule has 0 unspecified atom stereocenters. The van der Waals surface area contributed by atoms with Gasteiger partial charge in [-0.05, 0) is 61.9 Å². The second-order valence-electron chi connectivity index (χ2n) is 8.58. The molecule has 1 aromatic heterocycles. The van der Waals surface area contributed by atoms with Crippen LogP contribution in [0.2, 0.25) is 0 Å². The lowest BCUT2D eigenvalue weighted by atomic mass is 10.1. The number of ether oxygens (including phenoxy) is 2. The topological polar surface area (TPSA) is 79.8 Å². The van der Waals surface area contributed by atoms with Gasteiger partial charge in [-0.2, -0.15) is 0 Å². The van der Waals surface area contributed by atoms with Gasteiger partial charge in [-0.15, -0.1) is 0 Å². The Balaban J connectivity index is 1.22. The molecular weight excluding hydrogens is 451 g/mol. The van der Waals surface area contributed by atoms with E-state index >= 15 is 0 Å². The minimum Gasteiger partial charge on any atom is -0.497 e. The summed E-state index contributed by atoms with van der Waals surface area (Å²) in [5.41, 5.74) is 1.65. The highest BCUT2D eigenvalue weighted by Gasteiger charge is 2.22. The summed E-state index contributed by atoms with van der Waals surface area (Å²) in [4.78, 5) is 29.8. The van der Waals surface area contributed by atoms with Gasteiger partial charge in [0, 0.05) is 50.4 Å². The highest BCUT2D eigenvalue weighted by molar-refractivity contribution is 5.76. The van der Waals surface area contributed by atoms with Gasteiger partial charge in [0.15, 0.2) is 0 Å². The Morgan fingerprint density at radius 3 is 2.31 bits per heavy atom. The van der Waals surface area contributed by atoms with Gasteiger partial charge in [0.25, 0.3) is 5.56 Å². The SMILES string of the molecule is COc1ccc(OCCN2CCN(C(=O)CCc3c(C)[nH]n(-c4ccc(F)cc4)c3=O)CC2)cc1. The van der Waals surface area contributed by atoms with Crippen LogP contribution in [0.1, 0.15) is 17.7 Å². The van der Waals surface area contributed by atoms with Crippen LogP contribution in [0.4, 0.5) is 4.39 Å². The fourth-order valence-electron chi connectivity index (χ4n) is 4.22. The van der Waals surface area contributed by atoms with Crippen molar-refractivity contribution in [2.24, 2.45) is 0 Å². The molecule has 0 saturated carbocycles. The van der Waals surface area contributed by atoms with Crippen molar-refractivity contribution in [2.75, 3.05) is 46.4 Å². The molecule has 0 atom stereocenters. The van der Waals surface area contributed by atoms with Crippen molar-refractivity contribution in [3.8, 4) is 17.2 Å². The third kappa shape index (κ3) is 6.10. The Morgan fingerprint density at radius 1 is 1.00 bits per heavy atom. The van der Waals surface area contributed by atoms with Gasteiger partial charge in [0.1, 0.15) is 23.9 Å². The van der Waals surface area contributed by atoms with E-state index in [0.717, 1.165) is 31.1 Å². The first-order valence-electron chi connectivity index (χ1n) is 11.8. The van der Waals surface area contributed by atoms with Crippen molar-refractivity contribution in [1.29, 1.82) is 0 Å². The summed E-state index contributed by atoms with van der Waals surface area (Å²) in [6, 6.07) is 13.2. The van der Waals surface area contributed by atoms with Crippen molar-refractivity contribution in [3.63, 3.8) is 0 Å². The summed E-state index contributed by atoms with van der Waals surface area (Å²) in [5.74, 6) is 1.29. The van der Waals surface area contributed by atoms with Gasteiger partial charge in [-0.3, -0.25) is 19.6 Å². The van der Waals surface area contributed by atoms with Crippen LogP contribution >= 0.6 is 0 Å². The van der Waals surface area contributed by atoms with Gasteiger partial charge >= 0.3 is 0 Å². The van der Waals surface area contributed by atoms with E-state index < -0.39 is 0 Å². The highest BCUT2D eigenvalue weighted by Crippen LogP contribution is 2.17. The molecule has 0 bridgehead atoms. The summed E-state index contributed by atoms with van der Waals surface area (Å²) >= 11 is 0. The van der Waals surface area contributed by atoms with Gasteiger partial charge in [0.05, 0.1) is 12.8 Å². The molecule has 4 rings (SSSR count). The Hall–Kier alpha value is -3.59. The average Bonchev–Trinajstić information content (AvgIpc) is 3.16. The minimum absolute atomic E-state index is 0.0486. The largest absolute Gasteiger partial charge is 0.497 e. The predicted molar refractivity (Wildman–Crippen MR) is 131 cm³/mol. The number of aryl methyl sites for hydroxylation is 1. The molecule has 0 radical (unpaired) electrons. The molecule has 9 heteroatoms. The first-order valence-corrected chi connectivity index (χ1v) is 11.8. The lowest BCUT2D eigenvalue weighted by Gasteiger charge is -2.34. The number of amides is 1. The van der Waals surface area contributed by atoms with Gasteiger partial charge < -0.3 is 14.4 Å². The van der Waals surface area contributed by atoms with E-state index in [-0.39, 0.29) is 23.7 Å². The van der Waals surface area contributed by atoms with E-state index in [2.05, 4.69) is 10.00 Å². The molecule has 186 valence electrons. The number of methoxy groups -OCH3 is 1. The third-order valence-corrected chi connectivity index (χ3v) is 6.33. The molecule has 2 aromatic carbocycles. The number of halogens is 1. The molecule has 0 aliphatic carbocycles. The number of aromatic amines is 1. The van der Waals surface area contributed by atoms with Gasteiger partial charge in [-0.25, -0.2) is 9.07 Å². The number of carbonyl (C=O) groups is 1. The summed E-state index contributed by atoms with van der Waals surface area (Å²) in [6.45, 7) is 6.08. The van der Waals surface area contributed by atoms with Crippen LogP contribution in [0.25, 0.3) is 5.69 Å². The summed E-state index contributed by atoms with van der Waals surface area (Å²) in [7, 11) is 1.63. The van der Waals surface area contributed by atoms with Gasteiger partial charge in [0.2, 0.25) is 5.91 Å². The van der Waals surface area contributed by atoms with Gasteiger partial charge in [-0.1, -0.05) is 0 Å². The van der Waals surface area contributed by atoms with E-state index in [0.29, 0.717) is 43.1 Å². The standard InChI is InChI=1S/C26H31FN4O4/c1-19-24(26(33)31(28-19)21-5-3-20(27)4-6-21)11-12-25(32)30-15-13-29(14-16-30)17-18-35-23-9-7-22(34-2)8-10-23/h3-10,28H,11-18H2,1-2H3. The van der Waals surface area contributed by atoms with Crippen LogP contribution in [0.5, 0.6) is 11.5 Å². The fourth-order valence-corrected chi connectivity index (χ4v) is 4.22. The number of piperazine rings is 1. The normalized spacial score (nSPS) is 14.2. The van der Waals surface area contributed by atoms with Crippen LogP contribution in [0.15, 0.2) is 53.3 Å². The van der Waals surface area contributed by atoms with Crippen LogP contribution in [0.3, 0.4) is 0 Å². The van der Waals surface area contributed by atoms with E-state index in [1.54, 1.807) is 19.2 Å². The van der Waals surface area contributed by atoms with Crippen LogP contribution in [-0.4, -0.2) is 71.9 Å². The Labute approximate surface area is 203 Å². The van der Waals surface area contributed by atoms with E-state index in [1.165, 1.54) is 16.8 Å². The molecule has 8 nitrogen and oxygen atoms in total. The van der Waals surface area contributed by atoms with Crippen molar-refractivity contribution >= 4 is 5.91 Å². The fraction of sp³-hybridized carbons (Fsp3) is 0.385. The van der Waals surface area contributed by atoms with E-state index in [1.807, 2.05) is 36.1 Å². The zero-order valence-electron chi connectivity index (χ0n) is 20.1. The summed E-state index contributed by atoms with van der Waals surface area (Å²) < 4.78 is 25.5. The zero-order valence-corrected chi connectivity index (χ0v) is 20.1. The molecule has 1 aliphatic heterocycles. The number of hydrogen-bond acceptors (Lipinski definition) is 5. The van der Waals surface area contributed by atoms with Crippen molar-refractivity contribution in [3.05, 3.63) is 76.0 Å².